The number of hydrogen-bond donors (Lipinski definition) is 2. The lowest BCUT2D eigenvalue weighted by Crippen LogP contribution is -2.24. The molecule has 2 aromatic rings. The van der Waals surface area contributed by atoms with E-state index < -0.39 is 6.10 Å². The Hall–Kier alpha value is -2.07. The first-order valence-electron chi connectivity index (χ1n) is 8.89. The lowest BCUT2D eigenvalue weighted by molar-refractivity contribution is 0.0910. The van der Waals surface area contributed by atoms with Crippen LogP contribution in [-0.4, -0.2) is 11.0 Å². The molecule has 1 heterocycles. The molecule has 0 aliphatic heterocycles. The van der Waals surface area contributed by atoms with Crippen molar-refractivity contribution >= 4 is 11.6 Å². The van der Waals surface area contributed by atoms with Crippen molar-refractivity contribution in [1.29, 1.82) is 0 Å². The SMILES string of the molecule is Cc1c(C(=O)Nc2ccc(C(C)C)cc2)oc2c1C(O)CC(C)(C)C2. The van der Waals surface area contributed by atoms with E-state index in [1.807, 2.05) is 31.2 Å². The normalized spacial score (nSPS) is 18.9. The molecular weight excluding hydrogens is 314 g/mol. The first-order valence-corrected chi connectivity index (χ1v) is 8.89. The van der Waals surface area contributed by atoms with E-state index in [-0.39, 0.29) is 11.3 Å². The van der Waals surface area contributed by atoms with Crippen molar-refractivity contribution < 1.29 is 14.3 Å². The number of carbonyl (C=O) groups excluding carboxylic acids is 1. The third-order valence-electron chi connectivity index (χ3n) is 5.03. The van der Waals surface area contributed by atoms with Gasteiger partial charge in [0.15, 0.2) is 5.76 Å². The van der Waals surface area contributed by atoms with Crippen LogP contribution in [0.5, 0.6) is 0 Å². The maximum Gasteiger partial charge on any atom is 0.291 e. The second-order valence-electron chi connectivity index (χ2n) is 8.18. The van der Waals surface area contributed by atoms with Crippen molar-refractivity contribution in [2.24, 2.45) is 5.41 Å². The van der Waals surface area contributed by atoms with E-state index in [1.165, 1.54) is 5.56 Å². The molecule has 25 heavy (non-hydrogen) atoms. The largest absolute Gasteiger partial charge is 0.455 e. The van der Waals surface area contributed by atoms with E-state index in [1.54, 1.807) is 0 Å². The van der Waals surface area contributed by atoms with Crippen LogP contribution in [0.15, 0.2) is 28.7 Å². The third-order valence-corrected chi connectivity index (χ3v) is 5.03. The summed E-state index contributed by atoms with van der Waals surface area (Å²) in [5, 5.41) is 13.3. The molecule has 1 aromatic carbocycles. The highest BCUT2D eigenvalue weighted by molar-refractivity contribution is 6.03. The van der Waals surface area contributed by atoms with Crippen LogP contribution < -0.4 is 5.32 Å². The molecule has 3 rings (SSSR count). The van der Waals surface area contributed by atoms with E-state index in [2.05, 4.69) is 33.0 Å². The van der Waals surface area contributed by atoms with Gasteiger partial charge >= 0.3 is 0 Å². The summed E-state index contributed by atoms with van der Waals surface area (Å²) >= 11 is 0. The van der Waals surface area contributed by atoms with Crippen LogP contribution in [0.3, 0.4) is 0 Å². The lowest BCUT2D eigenvalue weighted by Gasteiger charge is -2.31. The van der Waals surface area contributed by atoms with Gasteiger partial charge in [-0.25, -0.2) is 0 Å². The Morgan fingerprint density at radius 3 is 2.52 bits per heavy atom. The average molecular weight is 341 g/mol. The van der Waals surface area contributed by atoms with Gasteiger partial charge in [0.2, 0.25) is 0 Å². The van der Waals surface area contributed by atoms with Gasteiger partial charge in [-0.1, -0.05) is 39.8 Å². The van der Waals surface area contributed by atoms with Gasteiger partial charge in [-0.15, -0.1) is 0 Å². The van der Waals surface area contributed by atoms with Gasteiger partial charge < -0.3 is 14.8 Å². The summed E-state index contributed by atoms with van der Waals surface area (Å²) in [7, 11) is 0. The minimum Gasteiger partial charge on any atom is -0.455 e. The van der Waals surface area contributed by atoms with Crippen molar-refractivity contribution in [2.75, 3.05) is 5.32 Å². The molecule has 0 radical (unpaired) electrons. The molecule has 1 aliphatic carbocycles. The molecule has 4 heteroatoms. The Balaban J connectivity index is 1.84. The van der Waals surface area contributed by atoms with Gasteiger partial charge in [-0.3, -0.25) is 4.79 Å². The number of aliphatic hydroxyl groups excluding tert-OH is 1. The maximum atomic E-state index is 12.7. The number of furan rings is 1. The fourth-order valence-electron chi connectivity index (χ4n) is 3.64. The third kappa shape index (κ3) is 3.49. The Bertz CT molecular complexity index is 784. The average Bonchev–Trinajstić information content (AvgIpc) is 2.83. The topological polar surface area (TPSA) is 62.5 Å². The molecule has 1 aliphatic rings. The lowest BCUT2D eigenvalue weighted by atomic mass is 9.75. The predicted octanol–water partition coefficient (Wildman–Crippen LogP) is 4.97. The highest BCUT2D eigenvalue weighted by atomic mass is 16.4. The van der Waals surface area contributed by atoms with Crippen LogP contribution in [0.4, 0.5) is 5.69 Å². The standard InChI is InChI=1S/C21H27NO3/c1-12(2)14-6-8-15(9-7-14)22-20(24)19-13(3)18-16(23)10-21(4,5)11-17(18)25-19/h6-9,12,16,23H,10-11H2,1-5H3,(H,22,24). The zero-order valence-corrected chi connectivity index (χ0v) is 15.6. The van der Waals surface area contributed by atoms with Crippen molar-refractivity contribution in [3.63, 3.8) is 0 Å². The molecule has 0 saturated heterocycles. The molecule has 134 valence electrons. The van der Waals surface area contributed by atoms with Gasteiger partial charge in [0.25, 0.3) is 5.91 Å². The summed E-state index contributed by atoms with van der Waals surface area (Å²) in [6.07, 6.45) is 0.837. The maximum absolute atomic E-state index is 12.7. The van der Waals surface area contributed by atoms with Crippen LogP contribution in [-0.2, 0) is 6.42 Å². The fraction of sp³-hybridized carbons (Fsp3) is 0.476. The fourth-order valence-corrected chi connectivity index (χ4v) is 3.64. The number of benzene rings is 1. The zero-order chi connectivity index (χ0) is 18.4. The van der Waals surface area contributed by atoms with E-state index in [0.717, 1.165) is 29.0 Å². The summed E-state index contributed by atoms with van der Waals surface area (Å²) < 4.78 is 5.87. The zero-order valence-electron chi connectivity index (χ0n) is 15.6. The van der Waals surface area contributed by atoms with Gasteiger partial charge in [0, 0.05) is 23.2 Å². The van der Waals surface area contributed by atoms with Crippen molar-refractivity contribution in [3.8, 4) is 0 Å². The molecule has 0 spiro atoms. The Kier molecular flexibility index (Phi) is 4.50. The summed E-state index contributed by atoms with van der Waals surface area (Å²) in [5.74, 6) is 1.22. The van der Waals surface area contributed by atoms with Gasteiger partial charge in [0.1, 0.15) is 5.76 Å². The van der Waals surface area contributed by atoms with Gasteiger partial charge in [-0.05, 0) is 42.4 Å². The number of nitrogens with one attached hydrogen (secondary N) is 1. The molecule has 4 nitrogen and oxygen atoms in total. The highest BCUT2D eigenvalue weighted by Gasteiger charge is 2.37. The molecule has 1 atom stereocenters. The first kappa shape index (κ1) is 17.7. The smallest absolute Gasteiger partial charge is 0.291 e. The van der Waals surface area contributed by atoms with E-state index in [4.69, 9.17) is 4.42 Å². The predicted molar refractivity (Wildman–Crippen MR) is 99.0 cm³/mol. The van der Waals surface area contributed by atoms with E-state index >= 15 is 0 Å². The highest BCUT2D eigenvalue weighted by Crippen LogP contribution is 2.44. The summed E-state index contributed by atoms with van der Waals surface area (Å²) in [5.41, 5.74) is 3.47. The van der Waals surface area contributed by atoms with Crippen LogP contribution >= 0.6 is 0 Å². The monoisotopic (exact) mass is 341 g/mol. The number of aliphatic hydroxyl groups is 1. The number of amides is 1. The number of rotatable bonds is 3. The number of anilines is 1. The Labute approximate surface area is 149 Å². The van der Waals surface area contributed by atoms with E-state index in [9.17, 15) is 9.90 Å². The quantitative estimate of drug-likeness (QED) is 0.828. The molecule has 1 amide bonds. The van der Waals surface area contributed by atoms with E-state index in [0.29, 0.717) is 18.1 Å². The van der Waals surface area contributed by atoms with Crippen LogP contribution in [0.2, 0.25) is 0 Å². The second kappa shape index (κ2) is 6.34. The minimum atomic E-state index is -0.575. The summed E-state index contributed by atoms with van der Waals surface area (Å²) in [4.78, 5) is 12.7. The van der Waals surface area contributed by atoms with Crippen molar-refractivity contribution in [1.82, 2.24) is 0 Å². The minimum absolute atomic E-state index is 0.0306. The summed E-state index contributed by atoms with van der Waals surface area (Å²) in [6, 6.07) is 7.85. The van der Waals surface area contributed by atoms with Gasteiger partial charge in [0.05, 0.1) is 6.10 Å². The molecule has 1 aromatic heterocycles. The molecule has 1 unspecified atom stereocenters. The molecule has 0 fully saturated rings. The Morgan fingerprint density at radius 1 is 1.28 bits per heavy atom. The number of carbonyl (C=O) groups is 1. The molecule has 2 N–H and O–H groups in total. The Morgan fingerprint density at radius 2 is 1.92 bits per heavy atom. The molecule has 0 saturated carbocycles. The molecular formula is C21H27NO3. The van der Waals surface area contributed by atoms with Gasteiger partial charge in [-0.2, -0.15) is 0 Å². The summed E-state index contributed by atoms with van der Waals surface area (Å²) in [6.45, 7) is 10.3. The second-order valence-corrected chi connectivity index (χ2v) is 8.18. The van der Waals surface area contributed by atoms with Crippen molar-refractivity contribution in [3.05, 3.63) is 52.5 Å². The number of fused-ring (bicyclic) bond motifs is 1. The molecule has 0 bridgehead atoms. The van der Waals surface area contributed by atoms with Crippen molar-refractivity contribution in [2.45, 2.75) is 59.5 Å². The van der Waals surface area contributed by atoms with Crippen LogP contribution in [0.25, 0.3) is 0 Å². The van der Waals surface area contributed by atoms with Crippen LogP contribution in [0, 0.1) is 12.3 Å². The number of hydrogen-bond acceptors (Lipinski definition) is 3. The first-order chi connectivity index (χ1) is 11.7. The van der Waals surface area contributed by atoms with Crippen LogP contribution in [0.1, 0.15) is 79.1 Å².